The van der Waals surface area contributed by atoms with Crippen molar-refractivity contribution in [2.75, 3.05) is 54.1 Å². The summed E-state index contributed by atoms with van der Waals surface area (Å²) in [6.07, 6.45) is 1.01. The molecule has 1 aromatic rings. The summed E-state index contributed by atoms with van der Waals surface area (Å²) in [5.74, 6) is 1.55. The van der Waals surface area contributed by atoms with Crippen molar-refractivity contribution in [3.05, 3.63) is 23.3 Å². The van der Waals surface area contributed by atoms with Crippen LogP contribution in [0, 0.1) is 0 Å². The minimum Gasteiger partial charge on any atom is -0.493 e. The molecule has 1 aromatic carbocycles. The maximum Gasteiger partial charge on any atom is 0.166 e. The summed E-state index contributed by atoms with van der Waals surface area (Å²) < 4.78 is 16.2. The van der Waals surface area contributed by atoms with E-state index in [1.54, 1.807) is 21.3 Å². The molecule has 1 fully saturated rings. The second-order valence-electron chi connectivity index (χ2n) is 5.27. The third kappa shape index (κ3) is 4.33. The van der Waals surface area contributed by atoms with Crippen LogP contribution in [0.2, 0.25) is 0 Å². The van der Waals surface area contributed by atoms with Crippen LogP contribution in [0.3, 0.4) is 0 Å². The lowest BCUT2D eigenvalue weighted by molar-refractivity contribution is 0.180. The van der Waals surface area contributed by atoms with Crippen LogP contribution in [0.15, 0.2) is 12.1 Å². The van der Waals surface area contributed by atoms with Crippen LogP contribution in [0.1, 0.15) is 11.1 Å². The highest BCUT2D eigenvalue weighted by molar-refractivity contribution is 5.49. The third-order valence-electron chi connectivity index (χ3n) is 3.84. The van der Waals surface area contributed by atoms with Gasteiger partial charge in [0.1, 0.15) is 0 Å². The van der Waals surface area contributed by atoms with E-state index in [0.29, 0.717) is 6.61 Å². The minimum absolute atomic E-state index is 0.529. The van der Waals surface area contributed by atoms with E-state index in [0.717, 1.165) is 56.2 Å². The number of nitrogens with zero attached hydrogens (tertiary/aromatic N) is 1. The number of ether oxygens (including phenoxy) is 3. The summed E-state index contributed by atoms with van der Waals surface area (Å²) in [6.45, 7) is 6.02. The van der Waals surface area contributed by atoms with Crippen LogP contribution < -0.4 is 14.8 Å². The molecule has 1 N–H and O–H groups in total. The Morgan fingerprint density at radius 2 is 1.86 bits per heavy atom. The van der Waals surface area contributed by atoms with Crippen LogP contribution in [-0.4, -0.2) is 59.0 Å². The van der Waals surface area contributed by atoms with E-state index in [4.69, 9.17) is 14.2 Å². The van der Waals surface area contributed by atoms with Gasteiger partial charge in [0.2, 0.25) is 0 Å². The Morgan fingerprint density at radius 3 is 2.48 bits per heavy atom. The predicted octanol–water partition coefficient (Wildman–Crippen LogP) is 1.30. The van der Waals surface area contributed by atoms with Crippen molar-refractivity contribution in [1.82, 2.24) is 10.2 Å². The Bertz CT molecular complexity index is 445. The Kier molecular flexibility index (Phi) is 6.29. The molecule has 1 aliphatic heterocycles. The fourth-order valence-corrected chi connectivity index (χ4v) is 2.74. The summed E-state index contributed by atoms with van der Waals surface area (Å²) in [4.78, 5) is 2.49. The lowest BCUT2D eigenvalue weighted by atomic mass is 10.1. The van der Waals surface area contributed by atoms with Gasteiger partial charge in [0, 0.05) is 45.4 Å². The first-order chi connectivity index (χ1) is 10.3. The smallest absolute Gasteiger partial charge is 0.166 e. The van der Waals surface area contributed by atoms with Gasteiger partial charge in [0.05, 0.1) is 20.8 Å². The highest BCUT2D eigenvalue weighted by atomic mass is 16.5. The van der Waals surface area contributed by atoms with Gasteiger partial charge in [-0.2, -0.15) is 0 Å². The number of methoxy groups -OCH3 is 3. The first kappa shape index (κ1) is 16.1. The Hall–Kier alpha value is -1.30. The molecule has 0 radical (unpaired) electrons. The molecule has 0 atom stereocenters. The predicted molar refractivity (Wildman–Crippen MR) is 83.3 cm³/mol. The molecule has 1 aliphatic rings. The van der Waals surface area contributed by atoms with E-state index < -0.39 is 0 Å². The van der Waals surface area contributed by atoms with Crippen LogP contribution in [-0.2, 0) is 17.8 Å². The largest absolute Gasteiger partial charge is 0.493 e. The van der Waals surface area contributed by atoms with Crippen LogP contribution >= 0.6 is 0 Å². The van der Waals surface area contributed by atoms with Gasteiger partial charge in [-0.15, -0.1) is 0 Å². The molecule has 0 aliphatic carbocycles. The van der Waals surface area contributed by atoms with Gasteiger partial charge in [0.15, 0.2) is 11.5 Å². The first-order valence-electron chi connectivity index (χ1n) is 7.44. The molecular weight excluding hydrogens is 268 g/mol. The molecule has 0 bridgehead atoms. The van der Waals surface area contributed by atoms with Crippen molar-refractivity contribution in [2.45, 2.75) is 13.0 Å². The van der Waals surface area contributed by atoms with E-state index in [-0.39, 0.29) is 0 Å². The molecule has 5 heteroatoms. The average molecular weight is 294 g/mol. The van der Waals surface area contributed by atoms with E-state index >= 15 is 0 Å². The third-order valence-corrected chi connectivity index (χ3v) is 3.84. The summed E-state index contributed by atoms with van der Waals surface area (Å²) in [5, 5.41) is 3.38. The SMILES string of the molecule is COCc1cc(CCN2CCNCC2)cc(OC)c1OC. The molecule has 0 spiro atoms. The zero-order chi connectivity index (χ0) is 15.1. The molecule has 21 heavy (non-hydrogen) atoms. The van der Waals surface area contributed by atoms with Crippen LogP contribution in [0.4, 0.5) is 0 Å². The normalized spacial score (nSPS) is 16.0. The number of benzene rings is 1. The fraction of sp³-hybridized carbons (Fsp3) is 0.625. The highest BCUT2D eigenvalue weighted by Crippen LogP contribution is 2.33. The number of piperazine rings is 1. The van der Waals surface area contributed by atoms with Gasteiger partial charge >= 0.3 is 0 Å². The molecule has 118 valence electrons. The van der Waals surface area contributed by atoms with Gasteiger partial charge in [-0.3, -0.25) is 0 Å². The highest BCUT2D eigenvalue weighted by Gasteiger charge is 2.14. The van der Waals surface area contributed by atoms with Gasteiger partial charge in [0.25, 0.3) is 0 Å². The molecule has 0 saturated carbocycles. The average Bonchev–Trinajstić information content (AvgIpc) is 2.53. The molecule has 0 unspecified atom stereocenters. The second kappa shape index (κ2) is 8.22. The maximum absolute atomic E-state index is 5.45. The number of hydrogen-bond acceptors (Lipinski definition) is 5. The Balaban J connectivity index is 2.09. The zero-order valence-corrected chi connectivity index (χ0v) is 13.3. The lowest BCUT2D eigenvalue weighted by Gasteiger charge is -2.27. The summed E-state index contributed by atoms with van der Waals surface area (Å²) in [7, 11) is 5.03. The second-order valence-corrected chi connectivity index (χ2v) is 5.27. The summed E-state index contributed by atoms with van der Waals surface area (Å²) in [6, 6.07) is 4.23. The van der Waals surface area contributed by atoms with E-state index in [2.05, 4.69) is 22.3 Å². The lowest BCUT2D eigenvalue weighted by Crippen LogP contribution is -2.44. The van der Waals surface area contributed by atoms with E-state index in [1.165, 1.54) is 5.56 Å². The monoisotopic (exact) mass is 294 g/mol. The van der Waals surface area contributed by atoms with Gasteiger partial charge < -0.3 is 24.4 Å². The van der Waals surface area contributed by atoms with Gasteiger partial charge in [-0.05, 0) is 24.1 Å². The number of nitrogens with one attached hydrogen (secondary N) is 1. The van der Waals surface area contributed by atoms with E-state index in [9.17, 15) is 0 Å². The molecule has 1 saturated heterocycles. The van der Waals surface area contributed by atoms with Gasteiger partial charge in [-0.1, -0.05) is 0 Å². The molecule has 0 amide bonds. The van der Waals surface area contributed by atoms with Gasteiger partial charge in [-0.25, -0.2) is 0 Å². The van der Waals surface area contributed by atoms with Crippen LogP contribution in [0.5, 0.6) is 11.5 Å². The molecule has 2 rings (SSSR count). The first-order valence-corrected chi connectivity index (χ1v) is 7.44. The van der Waals surface area contributed by atoms with Crippen molar-refractivity contribution < 1.29 is 14.2 Å². The zero-order valence-electron chi connectivity index (χ0n) is 13.3. The molecule has 0 aromatic heterocycles. The molecule has 5 nitrogen and oxygen atoms in total. The molecular formula is C16H26N2O3. The minimum atomic E-state index is 0.529. The summed E-state index contributed by atoms with van der Waals surface area (Å²) in [5.41, 5.74) is 2.30. The van der Waals surface area contributed by atoms with Crippen LogP contribution in [0.25, 0.3) is 0 Å². The van der Waals surface area contributed by atoms with Crippen molar-refractivity contribution in [1.29, 1.82) is 0 Å². The van der Waals surface area contributed by atoms with Crippen molar-refractivity contribution in [3.63, 3.8) is 0 Å². The number of rotatable bonds is 7. The Morgan fingerprint density at radius 1 is 1.10 bits per heavy atom. The standard InChI is InChI=1S/C16H26N2O3/c1-19-12-14-10-13(11-15(20-2)16(14)21-3)4-7-18-8-5-17-6-9-18/h10-11,17H,4-9,12H2,1-3H3. The topological polar surface area (TPSA) is 43.0 Å². The van der Waals surface area contributed by atoms with Crippen molar-refractivity contribution in [2.24, 2.45) is 0 Å². The van der Waals surface area contributed by atoms with Crippen molar-refractivity contribution >= 4 is 0 Å². The number of hydrogen-bond donors (Lipinski definition) is 1. The Labute approximate surface area is 127 Å². The van der Waals surface area contributed by atoms with E-state index in [1.807, 2.05) is 0 Å². The summed E-state index contributed by atoms with van der Waals surface area (Å²) >= 11 is 0. The fourth-order valence-electron chi connectivity index (χ4n) is 2.74. The van der Waals surface area contributed by atoms with Crippen molar-refractivity contribution in [3.8, 4) is 11.5 Å². The maximum atomic E-state index is 5.45. The quantitative estimate of drug-likeness (QED) is 0.821. The molecule has 1 heterocycles.